The Morgan fingerprint density at radius 3 is 2.54 bits per heavy atom. The molecule has 2 heterocycles. The predicted molar refractivity (Wildman–Crippen MR) is 124 cm³/mol. The van der Waals surface area contributed by atoms with Crippen LogP contribution in [0, 0.1) is 0 Å². The molecule has 0 radical (unpaired) electrons. The maximum atomic E-state index is 12.9. The number of carboxylic acid groups (broad SMARTS) is 1. The van der Waals surface area contributed by atoms with Gasteiger partial charge >= 0.3 is 12.1 Å². The number of nitrogens with zero attached hydrogens (tertiary/aromatic N) is 3. The molecule has 2 aromatic carbocycles. The molecule has 5 rings (SSSR count). The molecule has 1 amide bonds. The van der Waals surface area contributed by atoms with Gasteiger partial charge in [0.1, 0.15) is 12.1 Å². The minimum Gasteiger partial charge on any atom is -0.475 e. The van der Waals surface area contributed by atoms with Crippen molar-refractivity contribution in [2.75, 3.05) is 17.2 Å². The van der Waals surface area contributed by atoms with E-state index in [0.29, 0.717) is 5.56 Å². The normalized spacial score (nSPS) is 15.2. The first kappa shape index (κ1) is 24.4. The van der Waals surface area contributed by atoms with Crippen molar-refractivity contribution in [3.63, 3.8) is 0 Å². The van der Waals surface area contributed by atoms with Gasteiger partial charge in [-0.3, -0.25) is 9.69 Å². The molecule has 35 heavy (non-hydrogen) atoms. The van der Waals surface area contributed by atoms with E-state index >= 15 is 0 Å². The zero-order valence-electron chi connectivity index (χ0n) is 18.9. The average molecular weight is 487 g/mol. The first-order valence-electron chi connectivity index (χ1n) is 11.1. The third kappa shape index (κ3) is 5.68. The van der Waals surface area contributed by atoms with Crippen molar-refractivity contribution in [1.29, 1.82) is 0 Å². The van der Waals surface area contributed by atoms with Gasteiger partial charge in [-0.1, -0.05) is 12.1 Å². The molecule has 1 fully saturated rings. The summed E-state index contributed by atoms with van der Waals surface area (Å²) in [5.74, 6) is -2.07. The van der Waals surface area contributed by atoms with Crippen molar-refractivity contribution in [3.8, 4) is 0 Å². The lowest BCUT2D eigenvalue weighted by atomic mass is 10.1. The van der Waals surface area contributed by atoms with Crippen molar-refractivity contribution in [1.82, 2.24) is 14.9 Å². The van der Waals surface area contributed by atoms with Crippen molar-refractivity contribution in [2.24, 2.45) is 0 Å². The number of benzene rings is 2. The summed E-state index contributed by atoms with van der Waals surface area (Å²) in [6.45, 7) is 4.72. The lowest BCUT2D eigenvalue weighted by molar-refractivity contribution is -0.192. The number of carbonyl (C=O) groups excluding carboxylic acids is 1. The zero-order valence-corrected chi connectivity index (χ0v) is 18.9. The highest BCUT2D eigenvalue weighted by Gasteiger charge is 2.38. The van der Waals surface area contributed by atoms with Crippen LogP contribution in [0.3, 0.4) is 0 Å². The maximum absolute atomic E-state index is 12.9. The van der Waals surface area contributed by atoms with Gasteiger partial charge in [-0.15, -0.1) is 0 Å². The Morgan fingerprint density at radius 2 is 1.89 bits per heavy atom. The van der Waals surface area contributed by atoms with Crippen LogP contribution in [-0.2, 0) is 17.9 Å². The van der Waals surface area contributed by atoms with Crippen LogP contribution in [-0.4, -0.2) is 50.6 Å². The molecule has 0 atom stereocenters. The third-order valence-electron chi connectivity index (χ3n) is 5.80. The van der Waals surface area contributed by atoms with Crippen LogP contribution < -0.4 is 10.6 Å². The second-order valence-electron chi connectivity index (χ2n) is 8.32. The van der Waals surface area contributed by atoms with Crippen LogP contribution in [0.1, 0.15) is 41.3 Å². The molecule has 184 valence electrons. The Labute approximate surface area is 199 Å². The topological polar surface area (TPSA) is 107 Å². The molecule has 0 saturated heterocycles. The van der Waals surface area contributed by atoms with Crippen LogP contribution in [0.25, 0.3) is 10.9 Å². The molecule has 1 aliphatic heterocycles. The quantitative estimate of drug-likeness (QED) is 0.489. The lowest BCUT2D eigenvalue weighted by Gasteiger charge is -2.13. The Balaban J connectivity index is 0.000000364. The van der Waals surface area contributed by atoms with E-state index in [1.54, 1.807) is 0 Å². The number of alkyl halides is 3. The molecule has 3 aromatic rings. The fraction of sp³-hybridized carbons (Fsp3) is 0.333. The van der Waals surface area contributed by atoms with E-state index in [2.05, 4.69) is 31.6 Å². The van der Waals surface area contributed by atoms with Gasteiger partial charge in [0.05, 0.1) is 5.52 Å². The van der Waals surface area contributed by atoms with E-state index in [-0.39, 0.29) is 5.91 Å². The van der Waals surface area contributed by atoms with Gasteiger partial charge in [-0.05, 0) is 55.2 Å². The average Bonchev–Trinajstić information content (AvgIpc) is 3.57. The molecule has 1 aliphatic carbocycles. The van der Waals surface area contributed by atoms with Crippen LogP contribution in [0.15, 0.2) is 42.7 Å². The van der Waals surface area contributed by atoms with E-state index in [1.165, 1.54) is 30.3 Å². The summed E-state index contributed by atoms with van der Waals surface area (Å²) in [5.41, 5.74) is 4.86. The van der Waals surface area contributed by atoms with Crippen LogP contribution in [0.4, 0.5) is 24.7 Å². The van der Waals surface area contributed by atoms with Crippen molar-refractivity contribution in [3.05, 3.63) is 59.4 Å². The van der Waals surface area contributed by atoms with Crippen LogP contribution in [0.2, 0.25) is 0 Å². The summed E-state index contributed by atoms with van der Waals surface area (Å²) < 4.78 is 31.7. The highest BCUT2D eigenvalue weighted by molar-refractivity contribution is 6.07. The van der Waals surface area contributed by atoms with E-state index < -0.39 is 12.1 Å². The summed E-state index contributed by atoms with van der Waals surface area (Å²) in [6.07, 6.45) is -0.967. The number of amides is 1. The minimum atomic E-state index is -5.08. The number of carbonyl (C=O) groups is 2. The molecule has 1 saturated carbocycles. The van der Waals surface area contributed by atoms with Crippen molar-refractivity contribution in [2.45, 2.75) is 45.1 Å². The standard InChI is InChI=1S/C22H23N5O.C2HF3O2/c1-2-23-21-17-9-6-14(10-20(17)24-13-25-21)22(28)26-19-5-3-4-15-11-27(12-18(15)19)16-7-8-16;3-2(4,5)1(6)7/h3-6,9-10,13,16H,2,7-8,11-12H2,1H3,(H,26,28)(H,23,24,25);(H,6,7). The second kappa shape index (κ2) is 9.87. The smallest absolute Gasteiger partial charge is 0.475 e. The van der Waals surface area contributed by atoms with Gasteiger partial charge < -0.3 is 15.7 Å². The fourth-order valence-electron chi connectivity index (χ4n) is 3.96. The molecule has 0 bridgehead atoms. The van der Waals surface area contributed by atoms with Crippen molar-refractivity contribution >= 4 is 34.3 Å². The molecular weight excluding hydrogens is 463 g/mol. The van der Waals surface area contributed by atoms with E-state index in [9.17, 15) is 18.0 Å². The summed E-state index contributed by atoms with van der Waals surface area (Å²) in [5, 5.41) is 14.4. The minimum absolute atomic E-state index is 0.108. The number of fused-ring (bicyclic) bond motifs is 2. The van der Waals surface area contributed by atoms with Gasteiger partial charge in [0.25, 0.3) is 5.91 Å². The summed E-state index contributed by atoms with van der Waals surface area (Å²) in [4.78, 5) is 32.9. The summed E-state index contributed by atoms with van der Waals surface area (Å²) in [7, 11) is 0. The van der Waals surface area contributed by atoms with Gasteiger partial charge in [0.2, 0.25) is 0 Å². The Kier molecular flexibility index (Phi) is 6.88. The predicted octanol–water partition coefficient (Wildman–Crippen LogP) is 4.43. The number of anilines is 2. The van der Waals surface area contributed by atoms with Crippen molar-refractivity contribution < 1.29 is 27.9 Å². The Morgan fingerprint density at radius 1 is 1.14 bits per heavy atom. The number of aromatic nitrogens is 2. The molecule has 1 aromatic heterocycles. The first-order chi connectivity index (χ1) is 16.7. The molecule has 3 N–H and O–H groups in total. The van der Waals surface area contributed by atoms with E-state index in [1.807, 2.05) is 37.3 Å². The monoisotopic (exact) mass is 487 g/mol. The molecule has 11 heteroatoms. The maximum Gasteiger partial charge on any atom is 0.490 e. The highest BCUT2D eigenvalue weighted by atomic mass is 19.4. The van der Waals surface area contributed by atoms with Gasteiger partial charge in [0, 0.05) is 42.3 Å². The number of halogens is 3. The van der Waals surface area contributed by atoms with Crippen LogP contribution in [0.5, 0.6) is 0 Å². The molecule has 2 aliphatic rings. The first-order valence-corrected chi connectivity index (χ1v) is 11.1. The molecule has 0 unspecified atom stereocenters. The largest absolute Gasteiger partial charge is 0.490 e. The second-order valence-corrected chi connectivity index (χ2v) is 8.32. The number of hydrogen-bond donors (Lipinski definition) is 3. The van der Waals surface area contributed by atoms with Gasteiger partial charge in [-0.25, -0.2) is 14.8 Å². The Bertz CT molecular complexity index is 1260. The fourth-order valence-corrected chi connectivity index (χ4v) is 3.96. The number of nitrogens with one attached hydrogen (secondary N) is 2. The molecule has 8 nitrogen and oxygen atoms in total. The number of rotatable bonds is 5. The SMILES string of the molecule is CCNc1ncnc2cc(C(=O)Nc3cccc4c3CN(C3CC3)C4)ccc12.O=C(O)C(F)(F)F. The lowest BCUT2D eigenvalue weighted by Crippen LogP contribution is -2.21. The van der Waals surface area contributed by atoms with Gasteiger partial charge in [-0.2, -0.15) is 13.2 Å². The number of hydrogen-bond acceptors (Lipinski definition) is 6. The number of aliphatic carboxylic acids is 1. The van der Waals surface area contributed by atoms with Gasteiger partial charge in [0.15, 0.2) is 0 Å². The summed E-state index contributed by atoms with van der Waals surface area (Å²) in [6, 6.07) is 12.5. The zero-order chi connectivity index (χ0) is 25.2. The van der Waals surface area contributed by atoms with E-state index in [4.69, 9.17) is 9.90 Å². The third-order valence-corrected chi connectivity index (χ3v) is 5.80. The Hall–Kier alpha value is -3.73. The molecular formula is C24H24F3N5O3. The van der Waals surface area contributed by atoms with Crippen LogP contribution >= 0.6 is 0 Å². The van der Waals surface area contributed by atoms with E-state index in [0.717, 1.165) is 48.1 Å². The highest BCUT2D eigenvalue weighted by Crippen LogP contribution is 2.37. The number of carboxylic acids is 1. The molecule has 0 spiro atoms. The summed E-state index contributed by atoms with van der Waals surface area (Å²) >= 11 is 0.